The summed E-state index contributed by atoms with van der Waals surface area (Å²) in [6, 6.07) is 0. The first-order valence-electron chi connectivity index (χ1n) is 5.55. The zero-order chi connectivity index (χ0) is 14.3. The van der Waals surface area contributed by atoms with Crippen molar-refractivity contribution in [2.24, 2.45) is 0 Å². The lowest BCUT2D eigenvalue weighted by molar-refractivity contribution is -0.137. The Bertz CT molecular complexity index is 367. The lowest BCUT2D eigenvalue weighted by Crippen LogP contribution is -2.16. The van der Waals surface area contributed by atoms with Crippen molar-refractivity contribution in [2.75, 3.05) is 0 Å². The van der Waals surface area contributed by atoms with Gasteiger partial charge in [-0.05, 0) is 0 Å². The van der Waals surface area contributed by atoms with E-state index < -0.39 is 35.9 Å². The zero-order valence-corrected chi connectivity index (χ0v) is 10.4. The molecule has 0 fully saturated rings. The number of carbonyl (C=O) groups is 4. The number of carboxylic acid groups (broad SMARTS) is 2. The van der Waals surface area contributed by atoms with Gasteiger partial charge in [0.2, 0.25) is 0 Å². The molecule has 2 N–H and O–H groups in total. The summed E-state index contributed by atoms with van der Waals surface area (Å²) in [7, 11) is 0. The summed E-state index contributed by atoms with van der Waals surface area (Å²) in [5.41, 5.74) is -1.01. The second-order valence-corrected chi connectivity index (χ2v) is 3.71. The van der Waals surface area contributed by atoms with E-state index in [2.05, 4.69) is 0 Å². The first kappa shape index (κ1) is 16.0. The van der Waals surface area contributed by atoms with Crippen LogP contribution in [0.5, 0.6) is 0 Å². The maximum absolute atomic E-state index is 11.2. The highest BCUT2D eigenvalue weighted by Gasteiger charge is 2.23. The molecule has 0 aromatic heterocycles. The minimum atomic E-state index is -1.47. The molecule has 0 aromatic rings. The molecule has 6 nitrogen and oxygen atoms in total. The first-order valence-corrected chi connectivity index (χ1v) is 5.55. The van der Waals surface area contributed by atoms with Crippen LogP contribution in [0.1, 0.15) is 39.5 Å². The van der Waals surface area contributed by atoms with Crippen molar-refractivity contribution in [1.29, 1.82) is 0 Å². The van der Waals surface area contributed by atoms with E-state index in [1.54, 1.807) is 13.8 Å². The molecule has 0 spiro atoms. The maximum Gasteiger partial charge on any atom is 0.332 e. The molecule has 0 bridgehead atoms. The zero-order valence-electron chi connectivity index (χ0n) is 10.4. The Balaban J connectivity index is 5.43. The van der Waals surface area contributed by atoms with E-state index in [0.717, 1.165) is 0 Å². The van der Waals surface area contributed by atoms with Gasteiger partial charge in [-0.25, -0.2) is 9.59 Å². The summed E-state index contributed by atoms with van der Waals surface area (Å²) in [6.45, 7) is 3.11. The number of aliphatic carboxylic acids is 2. The Labute approximate surface area is 104 Å². The number of carbonyl (C=O) groups excluding carboxylic acids is 2. The summed E-state index contributed by atoms with van der Waals surface area (Å²) in [6.07, 6.45) is -0.703. The molecule has 0 aliphatic rings. The number of hydrogen-bond acceptors (Lipinski definition) is 4. The van der Waals surface area contributed by atoms with Crippen LogP contribution in [0.3, 0.4) is 0 Å². The van der Waals surface area contributed by atoms with Gasteiger partial charge in [0.1, 0.15) is 11.6 Å². The van der Waals surface area contributed by atoms with Crippen molar-refractivity contribution < 1.29 is 29.4 Å². The Morgan fingerprint density at radius 2 is 1.00 bits per heavy atom. The number of ketones is 2. The Hall–Kier alpha value is -1.98. The summed E-state index contributed by atoms with van der Waals surface area (Å²) >= 11 is 0. The minimum absolute atomic E-state index is 0.116. The molecular weight excluding hydrogens is 240 g/mol. The van der Waals surface area contributed by atoms with Crippen LogP contribution in [0.4, 0.5) is 0 Å². The standard InChI is InChI=1S/C12H16O6/c1-3-7(13)5-9(11(15)16)10(12(17)18)6-8(14)4-2/h3-6H2,1-2H3,(H,15,16)(H,17,18). The molecule has 0 unspecified atom stereocenters. The van der Waals surface area contributed by atoms with Crippen LogP contribution in [-0.2, 0) is 19.2 Å². The molecule has 0 rings (SSSR count). The Morgan fingerprint density at radius 1 is 0.722 bits per heavy atom. The topological polar surface area (TPSA) is 109 Å². The third kappa shape index (κ3) is 4.90. The van der Waals surface area contributed by atoms with Crippen LogP contribution in [0.25, 0.3) is 0 Å². The highest BCUT2D eigenvalue weighted by Crippen LogP contribution is 2.16. The van der Waals surface area contributed by atoms with Gasteiger partial charge in [0.25, 0.3) is 0 Å². The fourth-order valence-electron chi connectivity index (χ4n) is 1.27. The molecule has 0 atom stereocenters. The molecule has 0 amide bonds. The molecule has 0 aromatic carbocycles. The summed E-state index contributed by atoms with van der Waals surface area (Å²) < 4.78 is 0. The van der Waals surface area contributed by atoms with Crippen molar-refractivity contribution >= 4 is 23.5 Å². The predicted molar refractivity (Wildman–Crippen MR) is 62.1 cm³/mol. The van der Waals surface area contributed by atoms with Gasteiger partial charge in [-0.2, -0.15) is 0 Å². The molecule has 18 heavy (non-hydrogen) atoms. The van der Waals surface area contributed by atoms with Crippen LogP contribution >= 0.6 is 0 Å². The number of Topliss-reactive ketones (excluding diaryl/α,β-unsaturated/α-hetero) is 2. The third-order valence-corrected chi connectivity index (χ3v) is 2.42. The van der Waals surface area contributed by atoms with Crippen LogP contribution in [0.2, 0.25) is 0 Å². The highest BCUT2D eigenvalue weighted by molar-refractivity contribution is 6.05. The molecule has 0 aliphatic heterocycles. The van der Waals surface area contributed by atoms with Crippen LogP contribution in [0.15, 0.2) is 11.1 Å². The van der Waals surface area contributed by atoms with Crippen LogP contribution < -0.4 is 0 Å². The van der Waals surface area contributed by atoms with Gasteiger partial charge in [-0.15, -0.1) is 0 Å². The monoisotopic (exact) mass is 256 g/mol. The second kappa shape index (κ2) is 7.37. The fraction of sp³-hybridized carbons (Fsp3) is 0.500. The number of rotatable bonds is 8. The van der Waals surface area contributed by atoms with Gasteiger partial charge in [-0.3, -0.25) is 9.59 Å². The molecule has 100 valence electrons. The van der Waals surface area contributed by atoms with Crippen molar-refractivity contribution in [3.8, 4) is 0 Å². The van der Waals surface area contributed by atoms with E-state index in [0.29, 0.717) is 0 Å². The summed E-state index contributed by atoms with van der Waals surface area (Å²) in [5.74, 6) is -3.71. The van der Waals surface area contributed by atoms with Crippen molar-refractivity contribution in [1.82, 2.24) is 0 Å². The van der Waals surface area contributed by atoms with Crippen molar-refractivity contribution in [2.45, 2.75) is 39.5 Å². The molecule has 0 saturated heterocycles. The summed E-state index contributed by atoms with van der Waals surface area (Å²) in [4.78, 5) is 44.4. The van der Waals surface area contributed by atoms with Gasteiger partial charge in [0, 0.05) is 25.7 Å². The number of hydrogen-bond donors (Lipinski definition) is 2. The van der Waals surface area contributed by atoms with Crippen molar-refractivity contribution in [3.05, 3.63) is 11.1 Å². The van der Waals surface area contributed by atoms with Gasteiger partial charge < -0.3 is 10.2 Å². The lowest BCUT2D eigenvalue weighted by Gasteiger charge is -2.07. The van der Waals surface area contributed by atoms with E-state index in [-0.39, 0.29) is 24.4 Å². The molecule has 0 radical (unpaired) electrons. The molecular formula is C12H16O6. The Kier molecular flexibility index (Phi) is 6.56. The SMILES string of the molecule is CCC(=O)CC(C(=O)O)=C(CC(=O)CC)C(=O)O. The van der Waals surface area contributed by atoms with E-state index in [4.69, 9.17) is 10.2 Å². The lowest BCUT2D eigenvalue weighted by atomic mass is 9.97. The van der Waals surface area contributed by atoms with Crippen molar-refractivity contribution in [3.63, 3.8) is 0 Å². The fourth-order valence-corrected chi connectivity index (χ4v) is 1.27. The Morgan fingerprint density at radius 3 is 1.17 bits per heavy atom. The average Bonchev–Trinajstić information content (AvgIpc) is 2.31. The smallest absolute Gasteiger partial charge is 0.332 e. The third-order valence-electron chi connectivity index (χ3n) is 2.42. The predicted octanol–water partition coefficient (Wildman–Crippen LogP) is 1.19. The maximum atomic E-state index is 11.2. The molecule has 0 aliphatic carbocycles. The largest absolute Gasteiger partial charge is 0.478 e. The molecule has 0 heterocycles. The van der Waals surface area contributed by atoms with Crippen LogP contribution in [-0.4, -0.2) is 33.7 Å². The first-order chi connectivity index (χ1) is 8.33. The average molecular weight is 256 g/mol. The van der Waals surface area contributed by atoms with E-state index in [9.17, 15) is 19.2 Å². The second-order valence-electron chi connectivity index (χ2n) is 3.71. The van der Waals surface area contributed by atoms with Gasteiger partial charge in [0.05, 0.1) is 11.1 Å². The summed E-state index contributed by atoms with van der Waals surface area (Å²) in [5, 5.41) is 17.9. The van der Waals surface area contributed by atoms with Crippen LogP contribution in [0, 0.1) is 0 Å². The molecule has 6 heteroatoms. The normalized spacial score (nSPS) is 11.7. The number of carboxylic acids is 2. The minimum Gasteiger partial charge on any atom is -0.478 e. The van der Waals surface area contributed by atoms with E-state index in [1.165, 1.54) is 0 Å². The van der Waals surface area contributed by atoms with Gasteiger partial charge in [-0.1, -0.05) is 13.8 Å². The van der Waals surface area contributed by atoms with E-state index in [1.807, 2.05) is 0 Å². The molecule has 0 saturated carbocycles. The van der Waals surface area contributed by atoms with E-state index >= 15 is 0 Å². The highest BCUT2D eigenvalue weighted by atomic mass is 16.4. The quantitative estimate of drug-likeness (QED) is 0.631. The van der Waals surface area contributed by atoms with Gasteiger partial charge >= 0.3 is 11.9 Å². The van der Waals surface area contributed by atoms with Gasteiger partial charge in [0.15, 0.2) is 0 Å².